The van der Waals surface area contributed by atoms with Gasteiger partial charge in [0.15, 0.2) is 0 Å². The summed E-state index contributed by atoms with van der Waals surface area (Å²) < 4.78 is 0. The summed E-state index contributed by atoms with van der Waals surface area (Å²) in [5, 5.41) is 4.20. The van der Waals surface area contributed by atoms with Crippen LogP contribution in [0.5, 0.6) is 0 Å². The molecule has 2 amide bonds. The number of hydrogen-bond acceptors (Lipinski definition) is 4. The maximum absolute atomic E-state index is 11.6. The first-order chi connectivity index (χ1) is 7.69. The van der Waals surface area contributed by atoms with Crippen molar-refractivity contribution in [1.82, 2.24) is 15.2 Å². The second-order valence-electron chi connectivity index (χ2n) is 3.12. The van der Waals surface area contributed by atoms with E-state index in [0.717, 1.165) is 0 Å². The van der Waals surface area contributed by atoms with Crippen LogP contribution >= 0.6 is 11.3 Å². The number of aromatic nitrogens is 1. The topological polar surface area (TPSA) is 62.3 Å². The molecule has 1 rings (SSSR count). The Hall–Kier alpha value is -1.43. The second kappa shape index (κ2) is 6.22. The summed E-state index contributed by atoms with van der Waals surface area (Å²) in [7, 11) is 0. The molecule has 1 N–H and O–H groups in total. The standard InChI is InChI=1S/C10H15N3O2S/c1-3-13(4-2)9(14)5-11-10(15)8-6-16-7-12-8/h6-7H,3-5H2,1-2H3,(H,11,15). The largest absolute Gasteiger partial charge is 0.342 e. The minimum absolute atomic E-state index is 0.0258. The molecule has 0 saturated heterocycles. The molecule has 6 heteroatoms. The Labute approximate surface area is 98.5 Å². The number of nitrogens with one attached hydrogen (secondary N) is 1. The van der Waals surface area contributed by atoms with Crippen molar-refractivity contribution in [3.05, 3.63) is 16.6 Å². The zero-order valence-electron chi connectivity index (χ0n) is 9.40. The van der Waals surface area contributed by atoms with Crippen LogP contribution < -0.4 is 5.32 Å². The maximum Gasteiger partial charge on any atom is 0.271 e. The van der Waals surface area contributed by atoms with E-state index in [1.165, 1.54) is 11.3 Å². The van der Waals surface area contributed by atoms with Crippen LogP contribution in [0.4, 0.5) is 0 Å². The molecule has 88 valence electrons. The maximum atomic E-state index is 11.6. The molecular formula is C10H15N3O2S. The monoisotopic (exact) mass is 241 g/mol. The van der Waals surface area contributed by atoms with Crippen LogP contribution in [0.15, 0.2) is 10.9 Å². The summed E-state index contributed by atoms with van der Waals surface area (Å²) in [5.74, 6) is -0.379. The van der Waals surface area contributed by atoms with E-state index in [1.54, 1.807) is 15.8 Å². The normalized spacial score (nSPS) is 9.88. The molecule has 1 aromatic rings. The highest BCUT2D eigenvalue weighted by atomic mass is 32.1. The Morgan fingerprint density at radius 3 is 2.62 bits per heavy atom. The molecule has 1 heterocycles. The molecule has 0 bridgehead atoms. The Balaban J connectivity index is 2.40. The highest BCUT2D eigenvalue weighted by molar-refractivity contribution is 7.07. The smallest absolute Gasteiger partial charge is 0.271 e. The molecule has 0 aliphatic rings. The summed E-state index contributed by atoms with van der Waals surface area (Å²) in [6.45, 7) is 5.15. The van der Waals surface area contributed by atoms with Crippen molar-refractivity contribution in [2.45, 2.75) is 13.8 Å². The highest BCUT2D eigenvalue weighted by Crippen LogP contribution is 2.00. The van der Waals surface area contributed by atoms with E-state index in [4.69, 9.17) is 0 Å². The molecule has 0 radical (unpaired) electrons. The number of carbonyl (C=O) groups excluding carboxylic acids is 2. The fraction of sp³-hybridized carbons (Fsp3) is 0.500. The molecule has 5 nitrogen and oxygen atoms in total. The summed E-state index contributed by atoms with van der Waals surface area (Å²) in [6, 6.07) is 0. The molecule has 0 aromatic carbocycles. The van der Waals surface area contributed by atoms with Crippen LogP contribution in [-0.2, 0) is 4.79 Å². The molecule has 0 spiro atoms. The minimum atomic E-state index is -0.304. The molecule has 0 aliphatic heterocycles. The number of hydrogen-bond donors (Lipinski definition) is 1. The van der Waals surface area contributed by atoms with Gasteiger partial charge in [-0.1, -0.05) is 0 Å². The van der Waals surface area contributed by atoms with Crippen LogP contribution in [0.1, 0.15) is 24.3 Å². The van der Waals surface area contributed by atoms with Crippen LogP contribution in [0.2, 0.25) is 0 Å². The summed E-state index contributed by atoms with van der Waals surface area (Å²) >= 11 is 1.35. The number of nitrogens with zero attached hydrogens (tertiary/aromatic N) is 2. The third kappa shape index (κ3) is 3.30. The second-order valence-corrected chi connectivity index (χ2v) is 3.84. The molecule has 16 heavy (non-hydrogen) atoms. The Kier molecular flexibility index (Phi) is 4.91. The summed E-state index contributed by atoms with van der Waals surface area (Å²) in [5.41, 5.74) is 1.94. The minimum Gasteiger partial charge on any atom is -0.342 e. The molecule has 0 unspecified atom stereocenters. The van der Waals surface area contributed by atoms with E-state index < -0.39 is 0 Å². The van der Waals surface area contributed by atoms with E-state index >= 15 is 0 Å². The fourth-order valence-electron chi connectivity index (χ4n) is 1.26. The van der Waals surface area contributed by atoms with Crippen molar-refractivity contribution < 1.29 is 9.59 Å². The van der Waals surface area contributed by atoms with Crippen molar-refractivity contribution in [2.75, 3.05) is 19.6 Å². The lowest BCUT2D eigenvalue weighted by atomic mass is 10.4. The predicted molar refractivity (Wildman–Crippen MR) is 62.4 cm³/mol. The number of carbonyl (C=O) groups is 2. The molecular weight excluding hydrogens is 226 g/mol. The van der Waals surface area contributed by atoms with Gasteiger partial charge in [0.1, 0.15) is 5.69 Å². The van der Waals surface area contributed by atoms with Gasteiger partial charge in [-0.3, -0.25) is 9.59 Å². The van der Waals surface area contributed by atoms with E-state index in [2.05, 4.69) is 10.3 Å². The van der Waals surface area contributed by atoms with Crippen molar-refractivity contribution in [3.8, 4) is 0 Å². The van der Waals surface area contributed by atoms with Gasteiger partial charge in [0.2, 0.25) is 5.91 Å². The highest BCUT2D eigenvalue weighted by Gasteiger charge is 2.12. The fourth-order valence-corrected chi connectivity index (χ4v) is 1.79. The predicted octanol–water partition coefficient (Wildman–Crippen LogP) is 0.741. The lowest BCUT2D eigenvalue weighted by molar-refractivity contribution is -0.129. The lowest BCUT2D eigenvalue weighted by Crippen LogP contribution is -2.40. The van der Waals surface area contributed by atoms with Gasteiger partial charge in [-0.15, -0.1) is 11.3 Å². The number of likely N-dealkylation sites (N-methyl/N-ethyl adjacent to an activating group) is 1. The van der Waals surface area contributed by atoms with E-state index in [9.17, 15) is 9.59 Å². The average molecular weight is 241 g/mol. The Bertz CT molecular complexity index is 347. The Morgan fingerprint density at radius 2 is 2.12 bits per heavy atom. The summed E-state index contributed by atoms with van der Waals surface area (Å²) in [6.07, 6.45) is 0. The number of thiazole rings is 1. The van der Waals surface area contributed by atoms with Gasteiger partial charge in [-0.2, -0.15) is 0 Å². The molecule has 0 atom stereocenters. The third-order valence-electron chi connectivity index (χ3n) is 2.18. The zero-order chi connectivity index (χ0) is 12.0. The van der Waals surface area contributed by atoms with E-state index in [-0.39, 0.29) is 18.4 Å². The van der Waals surface area contributed by atoms with Crippen LogP contribution in [-0.4, -0.2) is 41.3 Å². The van der Waals surface area contributed by atoms with Crippen molar-refractivity contribution in [3.63, 3.8) is 0 Å². The van der Waals surface area contributed by atoms with Crippen molar-refractivity contribution >= 4 is 23.2 Å². The van der Waals surface area contributed by atoms with Crippen LogP contribution in [0, 0.1) is 0 Å². The first-order valence-electron chi connectivity index (χ1n) is 5.13. The van der Waals surface area contributed by atoms with Gasteiger partial charge in [-0.05, 0) is 13.8 Å². The Morgan fingerprint density at radius 1 is 1.44 bits per heavy atom. The van der Waals surface area contributed by atoms with Crippen LogP contribution in [0.25, 0.3) is 0 Å². The number of amides is 2. The van der Waals surface area contributed by atoms with E-state index in [1.807, 2.05) is 13.8 Å². The average Bonchev–Trinajstić information content (AvgIpc) is 2.81. The van der Waals surface area contributed by atoms with Gasteiger partial charge in [0.05, 0.1) is 12.1 Å². The third-order valence-corrected chi connectivity index (χ3v) is 2.77. The first kappa shape index (κ1) is 12.6. The van der Waals surface area contributed by atoms with Gasteiger partial charge in [0.25, 0.3) is 5.91 Å². The van der Waals surface area contributed by atoms with Crippen molar-refractivity contribution in [2.24, 2.45) is 0 Å². The van der Waals surface area contributed by atoms with Gasteiger partial charge in [-0.25, -0.2) is 4.98 Å². The quantitative estimate of drug-likeness (QED) is 0.827. The van der Waals surface area contributed by atoms with Crippen molar-refractivity contribution in [1.29, 1.82) is 0 Å². The summed E-state index contributed by atoms with van der Waals surface area (Å²) in [4.78, 5) is 28.6. The zero-order valence-corrected chi connectivity index (χ0v) is 10.2. The number of rotatable bonds is 5. The van der Waals surface area contributed by atoms with Crippen LogP contribution in [0.3, 0.4) is 0 Å². The SMILES string of the molecule is CCN(CC)C(=O)CNC(=O)c1cscn1. The molecule has 0 aliphatic carbocycles. The molecule has 0 saturated carbocycles. The van der Waals surface area contributed by atoms with E-state index in [0.29, 0.717) is 18.8 Å². The lowest BCUT2D eigenvalue weighted by Gasteiger charge is -2.18. The van der Waals surface area contributed by atoms with Gasteiger partial charge >= 0.3 is 0 Å². The molecule has 0 fully saturated rings. The van der Waals surface area contributed by atoms with Gasteiger partial charge in [0, 0.05) is 18.5 Å². The molecule has 1 aromatic heterocycles. The first-order valence-corrected chi connectivity index (χ1v) is 6.07. The van der Waals surface area contributed by atoms with Gasteiger partial charge < -0.3 is 10.2 Å².